The Morgan fingerprint density at radius 1 is 1.10 bits per heavy atom. The third-order valence-electron chi connectivity index (χ3n) is 4.19. The summed E-state index contributed by atoms with van der Waals surface area (Å²) in [4.78, 5) is 14.8. The first kappa shape index (κ1) is 21.3. The molecule has 3 N–H and O–H groups in total. The molecule has 0 amide bonds. The molecule has 0 spiro atoms. The van der Waals surface area contributed by atoms with Crippen molar-refractivity contribution >= 4 is 36.0 Å². The van der Waals surface area contributed by atoms with Gasteiger partial charge in [0.05, 0.1) is 19.9 Å². The van der Waals surface area contributed by atoms with Crippen molar-refractivity contribution in [3.8, 4) is 28.8 Å². The molecule has 1 aromatic heterocycles. The van der Waals surface area contributed by atoms with Crippen molar-refractivity contribution in [2.24, 2.45) is 0 Å². The molecule has 0 unspecified atom stereocenters. The van der Waals surface area contributed by atoms with Gasteiger partial charge in [0.25, 0.3) is 5.56 Å². The number of benzene rings is 2. The molecule has 154 valence electrons. The summed E-state index contributed by atoms with van der Waals surface area (Å²) in [7, 11) is 2.84. The van der Waals surface area contributed by atoms with Crippen LogP contribution in [0.4, 0.5) is 0 Å². The molecule has 0 bridgehead atoms. The summed E-state index contributed by atoms with van der Waals surface area (Å²) < 4.78 is 11.6. The van der Waals surface area contributed by atoms with Crippen LogP contribution >= 0.6 is 23.8 Å². The molecule has 3 rings (SSSR count). The second-order valence-electron chi connectivity index (χ2n) is 6.04. The normalized spacial score (nSPS) is 10.2. The second kappa shape index (κ2) is 8.92. The standard InChI is InChI=1S/C21H17ClN2O5S/c1-28-16-10-12(11-17(29-2)18(16)25)4-3-5-15-19(26)23-21(30)24(20(15)27)14-8-6-13(22)7-9-14/h4-11,25,27H,1-2H3,(H,23,26,30). The zero-order valence-corrected chi connectivity index (χ0v) is 17.5. The summed E-state index contributed by atoms with van der Waals surface area (Å²) in [5.41, 5.74) is 3.37. The quantitative estimate of drug-likeness (QED) is 0.401. The van der Waals surface area contributed by atoms with Gasteiger partial charge in [-0.1, -0.05) is 11.6 Å². The van der Waals surface area contributed by atoms with E-state index in [1.54, 1.807) is 36.4 Å². The molecule has 9 heteroatoms. The van der Waals surface area contributed by atoms with E-state index >= 15 is 0 Å². The Labute approximate surface area is 181 Å². The Kier molecular flexibility index (Phi) is 6.32. The molecule has 7 nitrogen and oxygen atoms in total. The minimum absolute atomic E-state index is 0.0347. The van der Waals surface area contributed by atoms with Crippen molar-refractivity contribution in [2.45, 2.75) is 0 Å². The number of ether oxygens (including phenoxy) is 2. The summed E-state index contributed by atoms with van der Waals surface area (Å²) in [6.07, 6.45) is 2.86. The van der Waals surface area contributed by atoms with Crippen LogP contribution in [-0.4, -0.2) is 34.0 Å². The Bertz CT molecular complexity index is 1250. The lowest BCUT2D eigenvalue weighted by molar-refractivity contribution is 0.340. The first-order chi connectivity index (χ1) is 14.3. The third-order valence-corrected chi connectivity index (χ3v) is 4.72. The number of H-pyrrole nitrogens is 1. The second-order valence-corrected chi connectivity index (χ2v) is 6.86. The number of nitrogens with zero attached hydrogens (tertiary/aromatic N) is 1. The van der Waals surface area contributed by atoms with Crippen LogP contribution in [0.2, 0.25) is 5.02 Å². The maximum atomic E-state index is 12.3. The third kappa shape index (κ3) is 4.26. The highest BCUT2D eigenvalue weighted by atomic mass is 35.5. The number of nitrogens with one attached hydrogen (secondary N) is 1. The lowest BCUT2D eigenvalue weighted by Gasteiger charge is -2.11. The maximum absolute atomic E-state index is 12.3. The van der Waals surface area contributed by atoms with Gasteiger partial charge in [-0.15, -0.1) is 5.73 Å². The topological polar surface area (TPSA) is 96.7 Å². The highest BCUT2D eigenvalue weighted by molar-refractivity contribution is 7.71. The highest BCUT2D eigenvalue weighted by Gasteiger charge is 2.12. The van der Waals surface area contributed by atoms with Gasteiger partial charge in [-0.05, 0) is 66.3 Å². The summed E-state index contributed by atoms with van der Waals surface area (Å²) in [6.45, 7) is 0. The molecule has 30 heavy (non-hydrogen) atoms. The number of hydrogen-bond acceptors (Lipinski definition) is 6. The number of aromatic nitrogens is 2. The molecule has 0 saturated carbocycles. The van der Waals surface area contributed by atoms with E-state index in [9.17, 15) is 15.0 Å². The summed E-state index contributed by atoms with van der Waals surface area (Å²) in [6, 6.07) is 9.75. The van der Waals surface area contributed by atoms with Crippen LogP contribution < -0.4 is 15.0 Å². The van der Waals surface area contributed by atoms with Crippen molar-refractivity contribution < 1.29 is 19.7 Å². The van der Waals surface area contributed by atoms with Gasteiger partial charge < -0.3 is 19.7 Å². The fraction of sp³-hybridized carbons (Fsp3) is 0.0952. The molecule has 3 aromatic rings. The molecule has 1 heterocycles. The van der Waals surface area contributed by atoms with Crippen molar-refractivity contribution in [3.63, 3.8) is 0 Å². The van der Waals surface area contributed by atoms with Crippen molar-refractivity contribution in [3.05, 3.63) is 73.4 Å². The predicted octanol–water partition coefficient (Wildman–Crippen LogP) is 4.30. The molecular formula is C21H17ClN2O5S. The Hall–Kier alpha value is -3.45. The molecule has 2 aromatic carbocycles. The number of phenolic OH excluding ortho intramolecular Hbond substituents is 1. The van der Waals surface area contributed by atoms with Gasteiger partial charge in [-0.25, -0.2) is 0 Å². The van der Waals surface area contributed by atoms with Gasteiger partial charge >= 0.3 is 0 Å². The number of aromatic hydroxyl groups is 2. The number of methoxy groups -OCH3 is 2. The van der Waals surface area contributed by atoms with E-state index in [1.165, 1.54) is 30.9 Å². The first-order valence-corrected chi connectivity index (χ1v) is 9.36. The van der Waals surface area contributed by atoms with Gasteiger partial charge in [0.2, 0.25) is 11.6 Å². The molecule has 0 radical (unpaired) electrons. The Morgan fingerprint density at radius 3 is 2.27 bits per heavy atom. The zero-order chi connectivity index (χ0) is 21.8. The van der Waals surface area contributed by atoms with Crippen LogP contribution in [0.25, 0.3) is 17.8 Å². The van der Waals surface area contributed by atoms with Crippen LogP contribution in [0.5, 0.6) is 23.1 Å². The van der Waals surface area contributed by atoms with Crippen LogP contribution in [0, 0.1) is 4.77 Å². The van der Waals surface area contributed by atoms with Gasteiger partial charge in [-0.2, -0.15) is 0 Å². The monoisotopic (exact) mass is 444 g/mol. The van der Waals surface area contributed by atoms with Crippen molar-refractivity contribution in [1.29, 1.82) is 0 Å². The van der Waals surface area contributed by atoms with E-state index in [2.05, 4.69) is 10.7 Å². The van der Waals surface area contributed by atoms with E-state index in [0.29, 0.717) is 16.3 Å². The predicted molar refractivity (Wildman–Crippen MR) is 118 cm³/mol. The van der Waals surface area contributed by atoms with Gasteiger partial charge in [0.15, 0.2) is 16.3 Å². The Balaban J connectivity index is 2.08. The maximum Gasteiger partial charge on any atom is 0.263 e. The fourth-order valence-corrected chi connectivity index (χ4v) is 3.13. The average Bonchev–Trinajstić information content (AvgIpc) is 2.72. The van der Waals surface area contributed by atoms with Gasteiger partial charge in [-0.3, -0.25) is 14.3 Å². The molecule has 0 atom stereocenters. The summed E-state index contributed by atoms with van der Waals surface area (Å²) in [5, 5.41) is 21.2. The lowest BCUT2D eigenvalue weighted by atomic mass is 10.1. The minimum atomic E-state index is -0.565. The number of phenols is 1. The van der Waals surface area contributed by atoms with E-state index in [-0.39, 0.29) is 33.5 Å². The van der Waals surface area contributed by atoms with Crippen LogP contribution in [-0.2, 0) is 0 Å². The lowest BCUT2D eigenvalue weighted by Crippen LogP contribution is -2.15. The Morgan fingerprint density at radius 2 is 1.70 bits per heavy atom. The largest absolute Gasteiger partial charge is 0.502 e. The van der Waals surface area contributed by atoms with E-state index in [0.717, 1.165) is 0 Å². The minimum Gasteiger partial charge on any atom is -0.502 e. The first-order valence-electron chi connectivity index (χ1n) is 8.57. The molecule has 0 aliphatic rings. The summed E-state index contributed by atoms with van der Waals surface area (Å²) in [5.74, 6) is -0.0219. The average molecular weight is 445 g/mol. The van der Waals surface area contributed by atoms with Gasteiger partial charge in [0, 0.05) is 5.02 Å². The fourth-order valence-electron chi connectivity index (χ4n) is 2.72. The molecule has 0 aliphatic carbocycles. The van der Waals surface area contributed by atoms with Crippen LogP contribution in [0.3, 0.4) is 0 Å². The summed E-state index contributed by atoms with van der Waals surface area (Å²) >= 11 is 11.1. The number of aromatic amines is 1. The number of hydrogen-bond donors (Lipinski definition) is 3. The number of rotatable bonds is 5. The smallest absolute Gasteiger partial charge is 0.263 e. The number of halogens is 1. The van der Waals surface area contributed by atoms with Crippen LogP contribution in [0.15, 0.2) is 46.9 Å². The van der Waals surface area contributed by atoms with Crippen LogP contribution in [0.1, 0.15) is 11.1 Å². The van der Waals surface area contributed by atoms with E-state index < -0.39 is 5.56 Å². The molecular weight excluding hydrogens is 428 g/mol. The van der Waals surface area contributed by atoms with Crippen molar-refractivity contribution in [1.82, 2.24) is 9.55 Å². The molecule has 0 saturated heterocycles. The SMILES string of the molecule is COc1cc(C=C=Cc2c(O)n(-c3ccc(Cl)cc3)c(=S)[nH]c2=O)cc(OC)c1O. The molecule has 0 fully saturated rings. The van der Waals surface area contributed by atoms with Gasteiger partial charge in [0.1, 0.15) is 5.56 Å². The zero-order valence-electron chi connectivity index (χ0n) is 16.0. The van der Waals surface area contributed by atoms with E-state index in [1.807, 2.05) is 0 Å². The highest BCUT2D eigenvalue weighted by Crippen LogP contribution is 2.37. The van der Waals surface area contributed by atoms with Crippen molar-refractivity contribution in [2.75, 3.05) is 14.2 Å². The van der Waals surface area contributed by atoms with E-state index in [4.69, 9.17) is 33.3 Å². The molecule has 0 aliphatic heterocycles.